The van der Waals surface area contributed by atoms with Crippen molar-refractivity contribution in [3.8, 4) is 5.75 Å². The highest BCUT2D eigenvalue weighted by Crippen LogP contribution is 2.14. The number of morpholine rings is 1. The lowest BCUT2D eigenvalue weighted by Gasteiger charge is -2.35. The molecule has 0 saturated carbocycles. The first kappa shape index (κ1) is 28.4. The molecule has 32 heavy (non-hydrogen) atoms. The van der Waals surface area contributed by atoms with Crippen LogP contribution in [0.2, 0.25) is 0 Å². The maximum Gasteiger partial charge on any atom is 0.241 e. The van der Waals surface area contributed by atoms with Crippen molar-refractivity contribution in [3.63, 3.8) is 0 Å². The fourth-order valence-corrected chi connectivity index (χ4v) is 3.46. The lowest BCUT2D eigenvalue weighted by molar-refractivity contribution is -0.127. The van der Waals surface area contributed by atoms with Gasteiger partial charge in [-0.25, -0.2) is 4.99 Å². The van der Waals surface area contributed by atoms with E-state index in [4.69, 9.17) is 14.5 Å². The number of nitrogens with zero attached hydrogens (tertiary/aromatic N) is 3. The molecule has 0 bridgehead atoms. The van der Waals surface area contributed by atoms with Crippen molar-refractivity contribution in [2.45, 2.75) is 32.9 Å². The molecule has 1 saturated heterocycles. The predicted octanol–water partition coefficient (Wildman–Crippen LogP) is 2.18. The first-order valence-electron chi connectivity index (χ1n) is 11.1. The number of ether oxygens (including phenoxy) is 2. The SMILES string of the molecule is COc1ccc(CN=C(NCC(=O)N(C)C)NCC(CC(C)C)N2CCOCC2)cc1.I. The van der Waals surface area contributed by atoms with Gasteiger partial charge >= 0.3 is 0 Å². The van der Waals surface area contributed by atoms with Crippen LogP contribution in [-0.4, -0.2) is 88.3 Å². The van der Waals surface area contributed by atoms with Crippen LogP contribution >= 0.6 is 24.0 Å². The summed E-state index contributed by atoms with van der Waals surface area (Å²) in [6.45, 7) is 9.44. The molecule has 8 nitrogen and oxygen atoms in total. The second-order valence-corrected chi connectivity index (χ2v) is 8.47. The fraction of sp³-hybridized carbons (Fsp3) is 0.652. The van der Waals surface area contributed by atoms with Crippen LogP contribution in [0.25, 0.3) is 0 Å². The molecule has 1 unspecified atom stereocenters. The van der Waals surface area contributed by atoms with Gasteiger partial charge in [-0.1, -0.05) is 26.0 Å². The van der Waals surface area contributed by atoms with Crippen molar-refractivity contribution >= 4 is 35.8 Å². The van der Waals surface area contributed by atoms with Gasteiger partial charge in [-0.05, 0) is 30.0 Å². The molecule has 2 rings (SSSR count). The summed E-state index contributed by atoms with van der Waals surface area (Å²) >= 11 is 0. The van der Waals surface area contributed by atoms with Gasteiger partial charge in [0.1, 0.15) is 5.75 Å². The summed E-state index contributed by atoms with van der Waals surface area (Å²) in [5.74, 6) is 2.07. The Morgan fingerprint density at radius 1 is 1.19 bits per heavy atom. The normalized spacial score (nSPS) is 15.6. The Bertz CT molecular complexity index is 691. The van der Waals surface area contributed by atoms with E-state index in [1.165, 1.54) is 0 Å². The minimum Gasteiger partial charge on any atom is -0.497 e. The zero-order valence-electron chi connectivity index (χ0n) is 20.1. The van der Waals surface area contributed by atoms with Crippen LogP contribution in [0.15, 0.2) is 29.3 Å². The molecule has 0 aromatic heterocycles. The number of guanidine groups is 1. The summed E-state index contributed by atoms with van der Waals surface area (Å²) in [5.41, 5.74) is 1.08. The van der Waals surface area contributed by atoms with E-state index in [-0.39, 0.29) is 36.4 Å². The molecule has 2 N–H and O–H groups in total. The highest BCUT2D eigenvalue weighted by molar-refractivity contribution is 14.0. The lowest BCUT2D eigenvalue weighted by Crippen LogP contribution is -2.51. The Balaban J connectivity index is 0.00000512. The van der Waals surface area contributed by atoms with Gasteiger partial charge < -0.3 is 25.0 Å². The first-order chi connectivity index (χ1) is 14.9. The van der Waals surface area contributed by atoms with Gasteiger partial charge in [0.25, 0.3) is 0 Å². The summed E-state index contributed by atoms with van der Waals surface area (Å²) in [6, 6.07) is 8.25. The number of halogens is 1. The number of aliphatic imine (C=N–C) groups is 1. The third kappa shape index (κ3) is 10.4. The molecule has 1 aliphatic heterocycles. The fourth-order valence-electron chi connectivity index (χ4n) is 3.46. The number of benzene rings is 1. The van der Waals surface area contributed by atoms with Crippen LogP contribution in [0, 0.1) is 5.92 Å². The molecular weight excluding hydrogens is 521 g/mol. The first-order valence-corrected chi connectivity index (χ1v) is 11.1. The van der Waals surface area contributed by atoms with Gasteiger partial charge in [0, 0.05) is 39.8 Å². The number of rotatable bonds is 10. The van der Waals surface area contributed by atoms with Crippen molar-refractivity contribution in [1.29, 1.82) is 0 Å². The number of amides is 1. The quantitative estimate of drug-likeness (QED) is 0.259. The van der Waals surface area contributed by atoms with Crippen molar-refractivity contribution in [2.75, 3.05) is 60.6 Å². The molecular formula is C23H40IN5O3. The summed E-state index contributed by atoms with van der Waals surface area (Å²) in [5, 5.41) is 6.66. The van der Waals surface area contributed by atoms with E-state index in [1.54, 1.807) is 26.1 Å². The summed E-state index contributed by atoms with van der Waals surface area (Å²) in [6.07, 6.45) is 1.09. The van der Waals surface area contributed by atoms with Crippen LogP contribution in [0.3, 0.4) is 0 Å². The number of nitrogens with one attached hydrogen (secondary N) is 2. The smallest absolute Gasteiger partial charge is 0.241 e. The van der Waals surface area contributed by atoms with Gasteiger partial charge in [-0.15, -0.1) is 24.0 Å². The van der Waals surface area contributed by atoms with Gasteiger partial charge in [-0.2, -0.15) is 0 Å². The standard InChI is InChI=1S/C23H39N5O3.HI/c1-18(2)14-20(28-10-12-31-13-11-28)16-25-23(26-17-22(29)27(3)4)24-15-19-6-8-21(30-5)9-7-19;/h6-9,18,20H,10-17H2,1-5H3,(H2,24,25,26);1H. The highest BCUT2D eigenvalue weighted by Gasteiger charge is 2.22. The number of likely N-dealkylation sites (N-methyl/N-ethyl adjacent to an activating group) is 1. The van der Waals surface area contributed by atoms with E-state index in [2.05, 4.69) is 29.4 Å². The molecule has 1 atom stereocenters. The average molecular weight is 562 g/mol. The van der Waals surface area contributed by atoms with Crippen molar-refractivity contribution in [1.82, 2.24) is 20.4 Å². The molecule has 1 amide bonds. The van der Waals surface area contributed by atoms with Gasteiger partial charge in [0.15, 0.2) is 5.96 Å². The zero-order valence-corrected chi connectivity index (χ0v) is 22.4. The monoisotopic (exact) mass is 561 g/mol. The predicted molar refractivity (Wildman–Crippen MR) is 140 cm³/mol. The van der Waals surface area contributed by atoms with Crippen LogP contribution in [0.5, 0.6) is 5.75 Å². The molecule has 0 radical (unpaired) electrons. The lowest BCUT2D eigenvalue weighted by atomic mass is 10.0. The second-order valence-electron chi connectivity index (χ2n) is 8.47. The number of carbonyl (C=O) groups is 1. The zero-order chi connectivity index (χ0) is 22.6. The van der Waals surface area contributed by atoms with E-state index >= 15 is 0 Å². The van der Waals surface area contributed by atoms with Crippen molar-refractivity contribution < 1.29 is 14.3 Å². The number of carbonyl (C=O) groups excluding carboxylic acids is 1. The van der Waals surface area contributed by atoms with Gasteiger partial charge in [0.2, 0.25) is 5.91 Å². The van der Waals surface area contributed by atoms with Gasteiger partial charge in [-0.3, -0.25) is 9.69 Å². The van der Waals surface area contributed by atoms with E-state index < -0.39 is 0 Å². The van der Waals surface area contributed by atoms with Crippen LogP contribution in [0.4, 0.5) is 0 Å². The molecule has 1 aliphatic rings. The molecule has 1 aromatic carbocycles. The molecule has 1 heterocycles. The van der Waals surface area contributed by atoms with Gasteiger partial charge in [0.05, 0.1) is 33.4 Å². The minimum atomic E-state index is 0. The molecule has 0 aliphatic carbocycles. The maximum atomic E-state index is 12.1. The molecule has 9 heteroatoms. The van der Waals surface area contributed by atoms with Crippen molar-refractivity contribution in [2.24, 2.45) is 10.9 Å². The maximum absolute atomic E-state index is 12.1. The number of hydrogen-bond donors (Lipinski definition) is 2. The molecule has 0 spiro atoms. The molecule has 182 valence electrons. The van der Waals surface area contributed by atoms with E-state index in [9.17, 15) is 4.79 Å². The second kappa shape index (κ2) is 15.3. The Hall–Kier alpha value is -1.59. The van der Waals surface area contributed by atoms with Crippen LogP contribution < -0.4 is 15.4 Å². The largest absolute Gasteiger partial charge is 0.497 e. The summed E-state index contributed by atoms with van der Waals surface area (Å²) < 4.78 is 10.7. The Morgan fingerprint density at radius 3 is 2.41 bits per heavy atom. The molecule has 1 fully saturated rings. The number of hydrogen-bond acceptors (Lipinski definition) is 5. The summed E-state index contributed by atoms with van der Waals surface area (Å²) in [4.78, 5) is 20.8. The topological polar surface area (TPSA) is 78.4 Å². The Morgan fingerprint density at radius 2 is 1.84 bits per heavy atom. The third-order valence-corrected chi connectivity index (χ3v) is 5.30. The number of methoxy groups -OCH3 is 1. The Kier molecular flexibility index (Phi) is 13.6. The minimum absolute atomic E-state index is 0. The summed E-state index contributed by atoms with van der Waals surface area (Å²) in [7, 11) is 5.16. The average Bonchev–Trinajstić information content (AvgIpc) is 2.78. The van der Waals surface area contributed by atoms with E-state index in [1.807, 2.05) is 24.3 Å². The highest BCUT2D eigenvalue weighted by atomic mass is 127. The van der Waals surface area contributed by atoms with E-state index in [0.717, 1.165) is 50.6 Å². The Labute approximate surface area is 210 Å². The molecule has 1 aromatic rings. The van der Waals surface area contributed by atoms with Crippen LogP contribution in [-0.2, 0) is 16.1 Å². The van der Waals surface area contributed by atoms with Crippen LogP contribution in [0.1, 0.15) is 25.8 Å². The third-order valence-electron chi connectivity index (χ3n) is 5.30. The van der Waals surface area contributed by atoms with Crippen molar-refractivity contribution in [3.05, 3.63) is 29.8 Å². The van der Waals surface area contributed by atoms with E-state index in [0.29, 0.717) is 24.5 Å².